The number of aromatic nitrogens is 4. The first-order valence-corrected chi connectivity index (χ1v) is 9.51. The number of nitrogens with one attached hydrogen (secondary N) is 2. The second-order valence-corrected chi connectivity index (χ2v) is 7.20. The van der Waals surface area contributed by atoms with Gasteiger partial charge in [-0.05, 0) is 42.3 Å². The SMILES string of the molecule is COc1nc(Nc2ccc(C(=O)N(C)C)cc2C)nc2[nH]cc(-c3ccnc(F)c3)c12. The molecule has 8 nitrogen and oxygen atoms in total. The Morgan fingerprint density at radius 3 is 2.68 bits per heavy atom. The highest BCUT2D eigenvalue weighted by Crippen LogP contribution is 2.34. The summed E-state index contributed by atoms with van der Waals surface area (Å²) in [5.41, 5.74) is 4.12. The zero-order valence-electron chi connectivity index (χ0n) is 17.5. The number of carbonyl (C=O) groups excluding carboxylic acids is 1. The summed E-state index contributed by atoms with van der Waals surface area (Å²) in [6.45, 7) is 1.90. The van der Waals surface area contributed by atoms with Crippen LogP contribution in [0.5, 0.6) is 5.88 Å². The standard InChI is InChI=1S/C22H21FN6O2/c1-12-9-14(21(30)29(2)3)5-6-16(12)26-22-27-19-18(20(28-22)31-4)15(11-25-19)13-7-8-24-17(23)10-13/h5-11H,1-4H3,(H2,25,26,27,28). The van der Waals surface area contributed by atoms with Crippen molar-refractivity contribution in [1.82, 2.24) is 24.8 Å². The van der Waals surface area contributed by atoms with Crippen molar-refractivity contribution >= 4 is 28.6 Å². The van der Waals surface area contributed by atoms with Crippen LogP contribution >= 0.6 is 0 Å². The van der Waals surface area contributed by atoms with Crippen molar-refractivity contribution in [3.05, 3.63) is 59.8 Å². The second kappa shape index (κ2) is 8.02. The summed E-state index contributed by atoms with van der Waals surface area (Å²) in [5.74, 6) is 0.0311. The number of fused-ring (bicyclic) bond motifs is 1. The number of amides is 1. The van der Waals surface area contributed by atoms with Crippen LogP contribution in [-0.2, 0) is 0 Å². The molecule has 31 heavy (non-hydrogen) atoms. The van der Waals surface area contributed by atoms with E-state index in [1.807, 2.05) is 19.1 Å². The fourth-order valence-electron chi connectivity index (χ4n) is 3.32. The average Bonchev–Trinajstić information content (AvgIpc) is 3.18. The van der Waals surface area contributed by atoms with Gasteiger partial charge in [0.2, 0.25) is 17.8 Å². The molecule has 3 aromatic heterocycles. The first kappa shape index (κ1) is 20.3. The van der Waals surface area contributed by atoms with Gasteiger partial charge in [-0.15, -0.1) is 0 Å². The minimum atomic E-state index is -0.573. The Labute approximate surface area is 178 Å². The van der Waals surface area contributed by atoms with Crippen LogP contribution in [0.3, 0.4) is 0 Å². The number of aryl methyl sites for hydroxylation is 1. The van der Waals surface area contributed by atoms with Gasteiger partial charge in [0.25, 0.3) is 5.91 Å². The van der Waals surface area contributed by atoms with E-state index in [4.69, 9.17) is 4.74 Å². The van der Waals surface area contributed by atoms with Crippen LogP contribution in [0.1, 0.15) is 15.9 Å². The van der Waals surface area contributed by atoms with Crippen molar-refractivity contribution in [3.8, 4) is 17.0 Å². The van der Waals surface area contributed by atoms with E-state index in [-0.39, 0.29) is 5.91 Å². The van der Waals surface area contributed by atoms with E-state index in [9.17, 15) is 9.18 Å². The summed E-state index contributed by atoms with van der Waals surface area (Å²) < 4.78 is 19.1. The number of rotatable bonds is 5. The molecule has 0 radical (unpaired) electrons. The number of pyridine rings is 1. The number of halogens is 1. The molecule has 0 unspecified atom stereocenters. The topological polar surface area (TPSA) is 96.0 Å². The molecule has 4 rings (SSSR count). The summed E-state index contributed by atoms with van der Waals surface area (Å²) in [5, 5.41) is 3.82. The molecule has 0 bridgehead atoms. The summed E-state index contributed by atoms with van der Waals surface area (Å²) in [4.78, 5) is 29.4. The maximum absolute atomic E-state index is 13.6. The predicted molar refractivity (Wildman–Crippen MR) is 116 cm³/mol. The number of hydrogen-bond donors (Lipinski definition) is 2. The summed E-state index contributed by atoms with van der Waals surface area (Å²) in [6, 6.07) is 8.42. The van der Waals surface area contributed by atoms with Gasteiger partial charge >= 0.3 is 0 Å². The fourth-order valence-corrected chi connectivity index (χ4v) is 3.32. The smallest absolute Gasteiger partial charge is 0.253 e. The molecule has 0 aliphatic rings. The first-order chi connectivity index (χ1) is 14.9. The molecule has 0 spiro atoms. The lowest BCUT2D eigenvalue weighted by atomic mass is 10.1. The molecule has 1 aromatic carbocycles. The number of nitrogens with zero attached hydrogens (tertiary/aromatic N) is 4. The van der Waals surface area contributed by atoms with Crippen LogP contribution in [-0.4, -0.2) is 51.9 Å². The molecular weight excluding hydrogens is 399 g/mol. The third kappa shape index (κ3) is 3.89. The Morgan fingerprint density at radius 1 is 1.19 bits per heavy atom. The third-order valence-electron chi connectivity index (χ3n) is 4.86. The lowest BCUT2D eigenvalue weighted by molar-refractivity contribution is 0.0827. The van der Waals surface area contributed by atoms with E-state index in [0.717, 1.165) is 11.3 Å². The van der Waals surface area contributed by atoms with Crippen LogP contribution < -0.4 is 10.1 Å². The molecule has 0 saturated carbocycles. The van der Waals surface area contributed by atoms with Crippen molar-refractivity contribution in [2.45, 2.75) is 6.92 Å². The molecule has 3 heterocycles. The van der Waals surface area contributed by atoms with Gasteiger partial charge in [0.05, 0.1) is 12.5 Å². The van der Waals surface area contributed by atoms with Gasteiger partial charge in [-0.2, -0.15) is 14.4 Å². The number of carbonyl (C=O) groups is 1. The Hall–Kier alpha value is -4.01. The average molecular weight is 420 g/mol. The molecular formula is C22H21FN6O2. The number of hydrogen-bond acceptors (Lipinski definition) is 6. The van der Waals surface area contributed by atoms with Gasteiger partial charge in [-0.3, -0.25) is 4.79 Å². The maximum atomic E-state index is 13.6. The van der Waals surface area contributed by atoms with E-state index in [2.05, 4.69) is 25.3 Å². The maximum Gasteiger partial charge on any atom is 0.253 e. The van der Waals surface area contributed by atoms with Crippen LogP contribution in [0.2, 0.25) is 0 Å². The lowest BCUT2D eigenvalue weighted by Crippen LogP contribution is -2.21. The molecule has 0 atom stereocenters. The van der Waals surface area contributed by atoms with Crippen LogP contribution in [0, 0.1) is 12.9 Å². The minimum Gasteiger partial charge on any atom is -0.480 e. The van der Waals surface area contributed by atoms with Crippen molar-refractivity contribution in [2.24, 2.45) is 0 Å². The number of methoxy groups -OCH3 is 1. The van der Waals surface area contributed by atoms with Gasteiger partial charge in [-0.1, -0.05) is 0 Å². The summed E-state index contributed by atoms with van der Waals surface area (Å²) >= 11 is 0. The van der Waals surface area contributed by atoms with E-state index < -0.39 is 5.95 Å². The highest BCUT2D eigenvalue weighted by molar-refractivity contribution is 5.98. The molecule has 0 fully saturated rings. The number of benzene rings is 1. The Kier molecular flexibility index (Phi) is 5.24. The number of ether oxygens (including phenoxy) is 1. The number of H-pyrrole nitrogens is 1. The van der Waals surface area contributed by atoms with Gasteiger partial charge in [0.1, 0.15) is 5.65 Å². The Morgan fingerprint density at radius 2 is 2.00 bits per heavy atom. The predicted octanol–water partition coefficient (Wildman–Crippen LogP) is 3.92. The summed E-state index contributed by atoms with van der Waals surface area (Å²) in [6.07, 6.45) is 3.13. The highest BCUT2D eigenvalue weighted by atomic mass is 19.1. The molecule has 158 valence electrons. The molecule has 4 aromatic rings. The molecule has 2 N–H and O–H groups in total. The molecule has 0 saturated heterocycles. The highest BCUT2D eigenvalue weighted by Gasteiger charge is 2.17. The monoisotopic (exact) mass is 420 g/mol. The van der Waals surface area contributed by atoms with Gasteiger partial charge in [-0.25, -0.2) is 4.98 Å². The van der Waals surface area contributed by atoms with Gasteiger partial charge in [0.15, 0.2) is 0 Å². The number of anilines is 2. The zero-order chi connectivity index (χ0) is 22.1. The van der Waals surface area contributed by atoms with Crippen molar-refractivity contribution < 1.29 is 13.9 Å². The molecule has 9 heteroatoms. The molecule has 1 amide bonds. The Balaban J connectivity index is 1.71. The van der Waals surface area contributed by atoms with E-state index in [1.54, 1.807) is 32.4 Å². The van der Waals surface area contributed by atoms with Crippen molar-refractivity contribution in [3.63, 3.8) is 0 Å². The molecule has 0 aliphatic heterocycles. The summed E-state index contributed by atoms with van der Waals surface area (Å²) in [7, 11) is 4.94. The van der Waals surface area contributed by atoms with Crippen LogP contribution in [0.15, 0.2) is 42.7 Å². The van der Waals surface area contributed by atoms with Crippen molar-refractivity contribution in [1.29, 1.82) is 0 Å². The second-order valence-electron chi connectivity index (χ2n) is 7.20. The van der Waals surface area contributed by atoms with Crippen LogP contribution in [0.4, 0.5) is 16.0 Å². The normalized spacial score (nSPS) is 10.9. The minimum absolute atomic E-state index is 0.0690. The quantitative estimate of drug-likeness (QED) is 0.475. The number of aromatic amines is 1. The van der Waals surface area contributed by atoms with Gasteiger partial charge < -0.3 is 19.9 Å². The largest absolute Gasteiger partial charge is 0.480 e. The Bertz CT molecular complexity index is 1280. The van der Waals surface area contributed by atoms with E-state index >= 15 is 0 Å². The van der Waals surface area contributed by atoms with E-state index in [0.29, 0.717) is 39.6 Å². The van der Waals surface area contributed by atoms with E-state index in [1.165, 1.54) is 24.3 Å². The third-order valence-corrected chi connectivity index (χ3v) is 4.86. The first-order valence-electron chi connectivity index (χ1n) is 9.51. The van der Waals surface area contributed by atoms with Crippen molar-refractivity contribution in [2.75, 3.05) is 26.5 Å². The van der Waals surface area contributed by atoms with Gasteiger partial charge in [0, 0.05) is 49.4 Å². The lowest BCUT2D eigenvalue weighted by Gasteiger charge is -2.13. The zero-order valence-corrected chi connectivity index (χ0v) is 17.5. The fraction of sp³-hybridized carbons (Fsp3) is 0.182. The van der Waals surface area contributed by atoms with Crippen LogP contribution in [0.25, 0.3) is 22.2 Å². The molecule has 0 aliphatic carbocycles.